The van der Waals surface area contributed by atoms with E-state index in [1.54, 1.807) is 6.20 Å². The summed E-state index contributed by atoms with van der Waals surface area (Å²) in [6.45, 7) is 10.8. The standard InChI is InChI=1S/C32H24NO.C14H16NSi.Ir/c1-21(2)23-16-17-33-30(20-23)28-13-7-12-27-29-19-26(14-15-31(29)34-32(27)28)25-11-6-10-24(18-25)22-8-4-3-5-9-22;1-16(2,3)13-9-10-14(15-11-13)12-7-5-4-6-8-12;/h3-12,14-21H,1-2H3;4-7,9-11H,1-3H3;/q2*-1;/i21D;;. The van der Waals surface area contributed by atoms with E-state index < -0.39 is 14.0 Å². The minimum atomic E-state index is -1.23. The van der Waals surface area contributed by atoms with Crippen molar-refractivity contribution in [2.75, 3.05) is 0 Å². The van der Waals surface area contributed by atoms with Crippen molar-refractivity contribution in [3.8, 4) is 44.8 Å². The molecule has 0 aliphatic heterocycles. The molecule has 5 heteroatoms. The molecule has 0 atom stereocenters. The topological polar surface area (TPSA) is 38.9 Å². The van der Waals surface area contributed by atoms with Gasteiger partial charge in [0.2, 0.25) is 0 Å². The molecule has 0 bridgehead atoms. The van der Waals surface area contributed by atoms with Crippen molar-refractivity contribution in [3.63, 3.8) is 0 Å². The normalized spacial score (nSPS) is 11.7. The zero-order valence-electron chi connectivity index (χ0n) is 30.5. The minimum Gasteiger partial charge on any atom is -0.501 e. The van der Waals surface area contributed by atoms with E-state index >= 15 is 0 Å². The Kier molecular flexibility index (Phi) is 10.5. The van der Waals surface area contributed by atoms with Crippen LogP contribution in [0.2, 0.25) is 19.6 Å². The zero-order valence-corrected chi connectivity index (χ0v) is 32.9. The molecule has 5 aromatic carbocycles. The van der Waals surface area contributed by atoms with Crippen molar-refractivity contribution in [1.29, 1.82) is 0 Å². The quantitative estimate of drug-likeness (QED) is 0.124. The van der Waals surface area contributed by atoms with Gasteiger partial charge < -0.3 is 14.4 Å². The molecule has 0 aliphatic carbocycles. The smallest absolute Gasteiger partial charge is 0.120 e. The summed E-state index contributed by atoms with van der Waals surface area (Å²) in [5.74, 6) is -0.706. The van der Waals surface area contributed by atoms with Gasteiger partial charge in [-0.25, -0.2) is 0 Å². The molecule has 0 saturated carbocycles. The molecule has 0 fully saturated rings. The van der Waals surface area contributed by atoms with E-state index in [0.29, 0.717) is 0 Å². The predicted octanol–water partition coefficient (Wildman–Crippen LogP) is 12.0. The second-order valence-corrected chi connectivity index (χ2v) is 18.8. The van der Waals surface area contributed by atoms with Crippen molar-refractivity contribution in [3.05, 3.63) is 164 Å². The van der Waals surface area contributed by atoms with E-state index in [0.717, 1.165) is 61.1 Å². The maximum atomic E-state index is 8.40. The SMILES string of the molecule is C[Si](C)(C)c1ccc(-c2[c-]cccc2)nc1.[2H]C(C)(C)c1ccnc(-c2[c-]ccc3c2oc2ccc(-c4cccc(-c5ccccc5)c4)cc23)c1.[Ir]. The molecule has 0 spiro atoms. The summed E-state index contributed by atoms with van der Waals surface area (Å²) in [6.07, 6.45) is 3.77. The molecule has 8 aromatic rings. The van der Waals surface area contributed by atoms with Crippen molar-refractivity contribution in [2.24, 2.45) is 0 Å². The van der Waals surface area contributed by atoms with Crippen LogP contribution in [0.5, 0.6) is 0 Å². The van der Waals surface area contributed by atoms with Gasteiger partial charge in [0, 0.05) is 39.3 Å². The van der Waals surface area contributed by atoms with Crippen LogP contribution in [-0.2, 0) is 20.1 Å². The van der Waals surface area contributed by atoms with Crippen LogP contribution in [0.1, 0.15) is 26.7 Å². The molecule has 3 nitrogen and oxygen atoms in total. The first-order valence-corrected chi connectivity index (χ1v) is 20.5. The van der Waals surface area contributed by atoms with Crippen LogP contribution in [0.3, 0.4) is 0 Å². The average molecular weight is 858 g/mol. The summed E-state index contributed by atoms with van der Waals surface area (Å²) in [5.41, 5.74) is 10.9. The van der Waals surface area contributed by atoms with Gasteiger partial charge in [-0.15, -0.1) is 54.1 Å². The number of furan rings is 1. The third-order valence-electron chi connectivity index (χ3n) is 8.94. The van der Waals surface area contributed by atoms with Crippen LogP contribution in [0.25, 0.3) is 66.7 Å². The number of aromatic nitrogens is 2. The maximum absolute atomic E-state index is 8.40. The van der Waals surface area contributed by atoms with Gasteiger partial charge in [0.1, 0.15) is 5.58 Å². The largest absolute Gasteiger partial charge is 0.501 e. The number of pyridine rings is 2. The second-order valence-electron chi connectivity index (χ2n) is 13.7. The molecule has 1 radical (unpaired) electrons. The van der Waals surface area contributed by atoms with E-state index in [1.165, 1.54) is 16.3 Å². The Morgan fingerprint density at radius 2 is 1.39 bits per heavy atom. The Morgan fingerprint density at radius 3 is 2.10 bits per heavy atom. The average Bonchev–Trinajstić information content (AvgIpc) is 3.54. The number of rotatable bonds is 6. The van der Waals surface area contributed by atoms with Crippen molar-refractivity contribution in [2.45, 2.75) is 39.4 Å². The number of nitrogens with zero attached hydrogens (tertiary/aromatic N) is 2. The summed E-state index contributed by atoms with van der Waals surface area (Å²) < 4.78 is 14.7. The van der Waals surface area contributed by atoms with Gasteiger partial charge in [0.25, 0.3) is 0 Å². The third kappa shape index (κ3) is 8.02. The molecule has 0 N–H and O–H groups in total. The van der Waals surface area contributed by atoms with E-state index in [1.807, 2.05) is 80.7 Å². The Morgan fingerprint density at radius 1 is 0.647 bits per heavy atom. The van der Waals surface area contributed by atoms with E-state index in [4.69, 9.17) is 5.79 Å². The number of benzene rings is 5. The van der Waals surface area contributed by atoms with Crippen molar-refractivity contribution >= 4 is 35.2 Å². The molecule has 8 rings (SSSR count). The second kappa shape index (κ2) is 15.5. The fourth-order valence-corrected chi connectivity index (χ4v) is 7.08. The first kappa shape index (κ1) is 34.5. The van der Waals surface area contributed by atoms with Crippen LogP contribution < -0.4 is 5.19 Å². The zero-order chi connectivity index (χ0) is 35.6. The van der Waals surface area contributed by atoms with Gasteiger partial charge in [-0.05, 0) is 69.0 Å². The summed E-state index contributed by atoms with van der Waals surface area (Å²) in [7, 11) is -1.23. The van der Waals surface area contributed by atoms with Gasteiger partial charge in [0.05, 0.1) is 13.7 Å². The van der Waals surface area contributed by atoms with Crippen LogP contribution in [-0.4, -0.2) is 18.0 Å². The van der Waals surface area contributed by atoms with Crippen LogP contribution in [0, 0.1) is 12.1 Å². The molecule has 0 aliphatic rings. The molecule has 0 saturated heterocycles. The number of fused-ring (bicyclic) bond motifs is 3. The van der Waals surface area contributed by atoms with Crippen molar-refractivity contribution in [1.82, 2.24) is 9.97 Å². The Hall–Kier alpha value is -4.93. The van der Waals surface area contributed by atoms with Crippen LogP contribution >= 0.6 is 0 Å². The third-order valence-corrected chi connectivity index (χ3v) is 11.0. The maximum Gasteiger partial charge on any atom is 0.120 e. The van der Waals surface area contributed by atoms with Gasteiger partial charge in [-0.1, -0.05) is 123 Å². The Balaban J connectivity index is 0.000000230. The van der Waals surface area contributed by atoms with Crippen LogP contribution in [0.4, 0.5) is 0 Å². The number of hydrogen-bond donors (Lipinski definition) is 0. The molecule has 0 unspecified atom stereocenters. The van der Waals surface area contributed by atoms with E-state index in [-0.39, 0.29) is 20.1 Å². The van der Waals surface area contributed by atoms with Gasteiger partial charge in [-0.3, -0.25) is 0 Å². The Labute approximate surface area is 317 Å². The summed E-state index contributed by atoms with van der Waals surface area (Å²) in [6, 6.07) is 52.0. The molecule has 0 amide bonds. The Bertz CT molecular complexity index is 2430. The van der Waals surface area contributed by atoms with Gasteiger partial charge >= 0.3 is 0 Å². The summed E-state index contributed by atoms with van der Waals surface area (Å²) in [4.78, 5) is 9.09. The van der Waals surface area contributed by atoms with E-state index in [2.05, 4.69) is 115 Å². The fraction of sp³-hybridized carbons (Fsp3) is 0.130. The van der Waals surface area contributed by atoms with Gasteiger partial charge in [-0.2, -0.15) is 0 Å². The first-order valence-electron chi connectivity index (χ1n) is 17.5. The fourth-order valence-electron chi connectivity index (χ4n) is 6.05. The molecule has 255 valence electrons. The van der Waals surface area contributed by atoms with Crippen molar-refractivity contribution < 1.29 is 25.9 Å². The van der Waals surface area contributed by atoms with E-state index in [9.17, 15) is 0 Å². The molecule has 51 heavy (non-hydrogen) atoms. The minimum absolute atomic E-state index is 0. The monoisotopic (exact) mass is 858 g/mol. The van der Waals surface area contributed by atoms with Crippen LogP contribution in [0.15, 0.2) is 150 Å². The predicted molar refractivity (Wildman–Crippen MR) is 212 cm³/mol. The molecular weight excluding hydrogens is 817 g/mol. The molecule has 3 heterocycles. The van der Waals surface area contributed by atoms with Gasteiger partial charge in [0.15, 0.2) is 0 Å². The summed E-state index contributed by atoms with van der Waals surface area (Å²) >= 11 is 0. The first-order chi connectivity index (χ1) is 24.5. The number of hydrogen-bond acceptors (Lipinski definition) is 3. The molecular formula is C46H40IrN2OSi-2. The molecule has 3 aromatic heterocycles. The summed E-state index contributed by atoms with van der Waals surface area (Å²) in [5, 5.41) is 3.49.